The molecule has 1 atom stereocenters. The fraction of sp³-hybridized carbons (Fsp3) is 0.600. The van der Waals surface area contributed by atoms with Crippen molar-refractivity contribution in [2.45, 2.75) is 27.7 Å². The summed E-state index contributed by atoms with van der Waals surface area (Å²) in [5, 5.41) is 0. The first kappa shape index (κ1) is 9.48. The molecular weight excluding hydrogens is 120 g/mol. The first-order valence-electron chi connectivity index (χ1n) is 3.87. The van der Waals surface area contributed by atoms with E-state index in [0.717, 1.165) is 11.5 Å². The van der Waals surface area contributed by atoms with Gasteiger partial charge in [0.15, 0.2) is 0 Å². The van der Waals surface area contributed by atoms with E-state index in [9.17, 15) is 0 Å². The molecule has 1 unspecified atom stereocenters. The molecule has 0 aromatic heterocycles. The van der Waals surface area contributed by atoms with E-state index in [1.165, 1.54) is 0 Å². The van der Waals surface area contributed by atoms with E-state index in [4.69, 9.17) is 0 Å². The molecule has 0 amide bonds. The summed E-state index contributed by atoms with van der Waals surface area (Å²) < 4.78 is 0. The number of hydrogen-bond donors (Lipinski definition) is 0. The Morgan fingerprint density at radius 3 is 2.10 bits per heavy atom. The van der Waals surface area contributed by atoms with Crippen LogP contribution in [0.1, 0.15) is 27.7 Å². The molecule has 0 aliphatic rings. The zero-order valence-corrected chi connectivity index (χ0v) is 7.52. The van der Waals surface area contributed by atoms with Crippen LogP contribution < -0.4 is 0 Å². The van der Waals surface area contributed by atoms with Gasteiger partial charge in [0.25, 0.3) is 0 Å². The van der Waals surface area contributed by atoms with Crippen molar-refractivity contribution >= 4 is 0 Å². The smallest absolute Gasteiger partial charge is 0.0236 e. The van der Waals surface area contributed by atoms with E-state index in [-0.39, 0.29) is 0 Å². The van der Waals surface area contributed by atoms with Crippen LogP contribution in [0.15, 0.2) is 24.3 Å². The lowest BCUT2D eigenvalue weighted by atomic mass is 9.97. The van der Waals surface area contributed by atoms with Crippen LogP contribution in [-0.2, 0) is 0 Å². The van der Waals surface area contributed by atoms with Crippen molar-refractivity contribution in [2.24, 2.45) is 11.8 Å². The normalized spacial score (nSPS) is 14.5. The zero-order chi connectivity index (χ0) is 8.15. The van der Waals surface area contributed by atoms with Crippen molar-refractivity contribution in [2.75, 3.05) is 0 Å². The molecule has 0 saturated carbocycles. The largest absolute Gasteiger partial charge is 0.0961 e. The molecule has 0 saturated heterocycles. The highest BCUT2D eigenvalue weighted by Crippen LogP contribution is 2.11. The Morgan fingerprint density at radius 2 is 1.80 bits per heavy atom. The molecule has 0 radical (unpaired) electrons. The van der Waals surface area contributed by atoms with E-state index in [0.29, 0.717) is 5.92 Å². The molecule has 0 aromatic carbocycles. The van der Waals surface area contributed by atoms with Gasteiger partial charge in [-0.1, -0.05) is 45.1 Å². The lowest BCUT2D eigenvalue weighted by molar-refractivity contribution is 0.504. The Balaban J connectivity index is 3.77. The maximum Gasteiger partial charge on any atom is -0.0236 e. The maximum atomic E-state index is 3.80. The van der Waals surface area contributed by atoms with E-state index in [1.807, 2.05) is 6.92 Å². The van der Waals surface area contributed by atoms with Crippen LogP contribution in [0.3, 0.4) is 0 Å². The van der Waals surface area contributed by atoms with Crippen LogP contribution in [0.5, 0.6) is 0 Å². The topological polar surface area (TPSA) is 0 Å². The SMILES string of the molecule is C=C(C)/C=C/C(C)C(C)C. The summed E-state index contributed by atoms with van der Waals surface area (Å²) in [5.41, 5.74) is 1.13. The van der Waals surface area contributed by atoms with Crippen LogP contribution in [0.2, 0.25) is 0 Å². The van der Waals surface area contributed by atoms with E-state index < -0.39 is 0 Å². The molecule has 58 valence electrons. The van der Waals surface area contributed by atoms with Gasteiger partial charge in [0, 0.05) is 0 Å². The second kappa shape index (κ2) is 4.32. The van der Waals surface area contributed by atoms with Gasteiger partial charge in [-0.2, -0.15) is 0 Å². The number of allylic oxidation sites excluding steroid dienone is 3. The molecule has 0 spiro atoms. The van der Waals surface area contributed by atoms with Crippen LogP contribution in [0, 0.1) is 11.8 Å². The molecule has 0 fully saturated rings. The summed E-state index contributed by atoms with van der Waals surface area (Å²) in [6.07, 6.45) is 4.30. The Bertz CT molecular complexity index is 129. The van der Waals surface area contributed by atoms with Gasteiger partial charge < -0.3 is 0 Å². The van der Waals surface area contributed by atoms with Gasteiger partial charge >= 0.3 is 0 Å². The molecule has 0 N–H and O–H groups in total. The van der Waals surface area contributed by atoms with Crippen LogP contribution in [0.4, 0.5) is 0 Å². The molecule has 0 aliphatic heterocycles. The second-order valence-corrected chi connectivity index (χ2v) is 3.31. The lowest BCUT2D eigenvalue weighted by Gasteiger charge is -2.09. The first-order chi connectivity index (χ1) is 4.54. The average molecular weight is 138 g/mol. The third-order valence-corrected chi connectivity index (χ3v) is 1.74. The van der Waals surface area contributed by atoms with Gasteiger partial charge in [0.2, 0.25) is 0 Å². The quantitative estimate of drug-likeness (QED) is 0.524. The molecule has 0 rings (SSSR count). The number of rotatable bonds is 3. The average Bonchev–Trinajstić information content (AvgIpc) is 1.82. The monoisotopic (exact) mass is 138 g/mol. The molecule has 0 heteroatoms. The molecule has 0 bridgehead atoms. The summed E-state index contributed by atoms with van der Waals surface area (Å²) in [7, 11) is 0. The van der Waals surface area contributed by atoms with Gasteiger partial charge in [-0.05, 0) is 18.8 Å². The van der Waals surface area contributed by atoms with Crippen molar-refractivity contribution in [3.8, 4) is 0 Å². The Morgan fingerprint density at radius 1 is 1.30 bits per heavy atom. The molecule has 0 aliphatic carbocycles. The van der Waals surface area contributed by atoms with Crippen molar-refractivity contribution in [1.29, 1.82) is 0 Å². The summed E-state index contributed by atoms with van der Waals surface area (Å²) in [6.45, 7) is 12.5. The highest BCUT2D eigenvalue weighted by molar-refractivity contribution is 5.11. The standard InChI is InChI=1S/C10H18/c1-8(2)6-7-10(5)9(3)4/h6-7,9-10H,1H2,2-5H3/b7-6+. The number of hydrogen-bond acceptors (Lipinski definition) is 0. The fourth-order valence-corrected chi connectivity index (χ4v) is 0.538. The van der Waals surface area contributed by atoms with Gasteiger partial charge in [0.1, 0.15) is 0 Å². The van der Waals surface area contributed by atoms with Crippen molar-refractivity contribution in [3.63, 3.8) is 0 Å². The first-order valence-corrected chi connectivity index (χ1v) is 3.87. The molecule has 0 nitrogen and oxygen atoms in total. The van der Waals surface area contributed by atoms with Crippen molar-refractivity contribution < 1.29 is 0 Å². The van der Waals surface area contributed by atoms with Gasteiger partial charge in [0.05, 0.1) is 0 Å². The summed E-state index contributed by atoms with van der Waals surface area (Å²) in [6, 6.07) is 0. The predicted molar refractivity (Wildman–Crippen MR) is 48.0 cm³/mol. The minimum Gasteiger partial charge on any atom is -0.0961 e. The molecule has 10 heavy (non-hydrogen) atoms. The van der Waals surface area contributed by atoms with Gasteiger partial charge in [-0.25, -0.2) is 0 Å². The second-order valence-electron chi connectivity index (χ2n) is 3.31. The predicted octanol–water partition coefficient (Wildman–Crippen LogP) is 3.41. The Kier molecular flexibility index (Phi) is 4.10. The third-order valence-electron chi connectivity index (χ3n) is 1.74. The Labute approximate surface area is 64.6 Å². The van der Waals surface area contributed by atoms with Crippen molar-refractivity contribution in [1.82, 2.24) is 0 Å². The fourth-order valence-electron chi connectivity index (χ4n) is 0.538. The van der Waals surface area contributed by atoms with Crippen LogP contribution in [0.25, 0.3) is 0 Å². The molecule has 0 aromatic rings. The van der Waals surface area contributed by atoms with Crippen LogP contribution >= 0.6 is 0 Å². The van der Waals surface area contributed by atoms with Crippen molar-refractivity contribution in [3.05, 3.63) is 24.3 Å². The minimum atomic E-state index is 0.664. The summed E-state index contributed by atoms with van der Waals surface area (Å²) in [5.74, 6) is 1.40. The Hall–Kier alpha value is -0.520. The van der Waals surface area contributed by atoms with Crippen LogP contribution in [-0.4, -0.2) is 0 Å². The third kappa shape index (κ3) is 4.37. The van der Waals surface area contributed by atoms with Gasteiger partial charge in [-0.3, -0.25) is 0 Å². The van der Waals surface area contributed by atoms with E-state index in [2.05, 4.69) is 39.5 Å². The molecule has 0 heterocycles. The van der Waals surface area contributed by atoms with E-state index >= 15 is 0 Å². The zero-order valence-electron chi connectivity index (χ0n) is 7.52. The minimum absolute atomic E-state index is 0.664. The van der Waals surface area contributed by atoms with E-state index in [1.54, 1.807) is 0 Å². The highest BCUT2D eigenvalue weighted by atomic mass is 14.1. The van der Waals surface area contributed by atoms with Gasteiger partial charge in [-0.15, -0.1) is 0 Å². The molecular formula is C10H18. The summed E-state index contributed by atoms with van der Waals surface area (Å²) in [4.78, 5) is 0. The highest BCUT2D eigenvalue weighted by Gasteiger charge is 2.00. The maximum absolute atomic E-state index is 3.80. The summed E-state index contributed by atoms with van der Waals surface area (Å²) >= 11 is 0. The lowest BCUT2D eigenvalue weighted by Crippen LogP contribution is -1.98.